The Morgan fingerprint density at radius 2 is 2.41 bits per heavy atom. The van der Waals surface area contributed by atoms with Crippen LogP contribution >= 0.6 is 11.3 Å². The standard InChI is InChI=1S/C13H16N2OS/c1-16-10-5-2-6-11-12(10)15-13(17-11)9-4-3-7-14-8-9/h2,5-6,9,14H,3-4,7-8H2,1H3. The molecule has 0 amide bonds. The zero-order valence-corrected chi connectivity index (χ0v) is 10.7. The molecule has 17 heavy (non-hydrogen) atoms. The predicted molar refractivity (Wildman–Crippen MR) is 71.0 cm³/mol. The molecule has 1 atom stereocenters. The quantitative estimate of drug-likeness (QED) is 0.887. The van der Waals surface area contributed by atoms with Gasteiger partial charge >= 0.3 is 0 Å². The molecule has 1 aliphatic heterocycles. The van der Waals surface area contributed by atoms with Crippen molar-refractivity contribution in [2.75, 3.05) is 20.2 Å². The van der Waals surface area contributed by atoms with Gasteiger partial charge in [0.05, 0.1) is 16.8 Å². The first-order valence-corrected chi connectivity index (χ1v) is 6.84. The van der Waals surface area contributed by atoms with E-state index in [0.717, 1.165) is 24.4 Å². The summed E-state index contributed by atoms with van der Waals surface area (Å²) in [5.74, 6) is 1.46. The van der Waals surface area contributed by atoms with Gasteiger partial charge in [0.1, 0.15) is 11.3 Å². The van der Waals surface area contributed by atoms with Crippen LogP contribution in [0.3, 0.4) is 0 Å². The average Bonchev–Trinajstić information content (AvgIpc) is 2.83. The number of hydrogen-bond acceptors (Lipinski definition) is 4. The molecular weight excluding hydrogens is 232 g/mol. The lowest BCUT2D eigenvalue weighted by molar-refractivity contribution is 0.418. The van der Waals surface area contributed by atoms with Crippen LogP contribution < -0.4 is 10.1 Å². The number of fused-ring (bicyclic) bond motifs is 1. The molecule has 0 saturated carbocycles. The summed E-state index contributed by atoms with van der Waals surface area (Å²) in [4.78, 5) is 4.76. The number of thiazole rings is 1. The molecule has 1 fully saturated rings. The summed E-state index contributed by atoms with van der Waals surface area (Å²) in [6, 6.07) is 6.13. The maximum absolute atomic E-state index is 5.36. The highest BCUT2D eigenvalue weighted by Gasteiger charge is 2.19. The molecule has 3 nitrogen and oxygen atoms in total. The normalized spacial score (nSPS) is 20.6. The topological polar surface area (TPSA) is 34.1 Å². The van der Waals surface area contributed by atoms with Crippen LogP contribution in [-0.4, -0.2) is 25.2 Å². The molecule has 1 aromatic carbocycles. The van der Waals surface area contributed by atoms with E-state index in [1.165, 1.54) is 22.5 Å². The van der Waals surface area contributed by atoms with Crippen LogP contribution in [0.15, 0.2) is 18.2 Å². The fourth-order valence-corrected chi connectivity index (χ4v) is 3.46. The van der Waals surface area contributed by atoms with E-state index < -0.39 is 0 Å². The van der Waals surface area contributed by atoms with Crippen molar-refractivity contribution in [3.05, 3.63) is 23.2 Å². The highest BCUT2D eigenvalue weighted by Crippen LogP contribution is 2.34. The average molecular weight is 248 g/mol. The molecule has 3 rings (SSSR count). The van der Waals surface area contributed by atoms with Gasteiger partial charge in [0, 0.05) is 12.5 Å². The Morgan fingerprint density at radius 1 is 1.47 bits per heavy atom. The summed E-state index contributed by atoms with van der Waals surface area (Å²) in [5.41, 5.74) is 1.01. The van der Waals surface area contributed by atoms with Crippen LogP contribution in [0.5, 0.6) is 5.75 Å². The van der Waals surface area contributed by atoms with Gasteiger partial charge in [-0.1, -0.05) is 6.07 Å². The van der Waals surface area contributed by atoms with Crippen LogP contribution in [-0.2, 0) is 0 Å². The van der Waals surface area contributed by atoms with Crippen molar-refractivity contribution < 1.29 is 4.74 Å². The van der Waals surface area contributed by atoms with Crippen LogP contribution in [0.2, 0.25) is 0 Å². The number of benzene rings is 1. The molecule has 0 aliphatic carbocycles. The number of para-hydroxylation sites is 1. The molecule has 2 heterocycles. The molecule has 1 unspecified atom stereocenters. The summed E-state index contributed by atoms with van der Waals surface area (Å²) in [5, 5.41) is 4.69. The highest BCUT2D eigenvalue weighted by atomic mass is 32.1. The summed E-state index contributed by atoms with van der Waals surface area (Å²) in [6.45, 7) is 2.20. The molecule has 1 N–H and O–H groups in total. The van der Waals surface area contributed by atoms with E-state index in [1.54, 1.807) is 18.4 Å². The third kappa shape index (κ3) is 2.03. The number of nitrogens with zero attached hydrogens (tertiary/aromatic N) is 1. The van der Waals surface area contributed by atoms with E-state index in [-0.39, 0.29) is 0 Å². The Labute approximate surface area is 105 Å². The van der Waals surface area contributed by atoms with Gasteiger partial charge in [-0.15, -0.1) is 11.3 Å². The van der Waals surface area contributed by atoms with Crippen LogP contribution in [0.25, 0.3) is 10.2 Å². The Balaban J connectivity index is 2.00. The summed E-state index contributed by atoms with van der Waals surface area (Å²) in [6.07, 6.45) is 2.49. The van der Waals surface area contributed by atoms with E-state index in [2.05, 4.69) is 11.4 Å². The van der Waals surface area contributed by atoms with Crippen LogP contribution in [0.4, 0.5) is 0 Å². The summed E-state index contributed by atoms with van der Waals surface area (Å²) < 4.78 is 6.58. The summed E-state index contributed by atoms with van der Waals surface area (Å²) in [7, 11) is 1.70. The maximum Gasteiger partial charge on any atom is 0.145 e. The van der Waals surface area contributed by atoms with Gasteiger partial charge in [-0.2, -0.15) is 0 Å². The second kappa shape index (κ2) is 4.63. The third-order valence-corrected chi connectivity index (χ3v) is 4.45. The molecule has 2 aromatic rings. The Hall–Kier alpha value is -1.13. The third-order valence-electron chi connectivity index (χ3n) is 3.26. The number of ether oxygens (including phenoxy) is 1. The lowest BCUT2D eigenvalue weighted by Crippen LogP contribution is -2.28. The Bertz CT molecular complexity index is 517. The minimum atomic E-state index is 0.575. The lowest BCUT2D eigenvalue weighted by atomic mass is 10.0. The van der Waals surface area contributed by atoms with Gasteiger partial charge in [-0.3, -0.25) is 0 Å². The number of nitrogens with one attached hydrogen (secondary N) is 1. The van der Waals surface area contributed by atoms with Crippen molar-refractivity contribution in [2.45, 2.75) is 18.8 Å². The molecule has 1 aliphatic rings. The molecular formula is C13H16N2OS. The van der Waals surface area contributed by atoms with Gasteiger partial charge in [0.2, 0.25) is 0 Å². The van der Waals surface area contributed by atoms with Gasteiger partial charge in [-0.25, -0.2) is 4.98 Å². The molecule has 1 saturated heterocycles. The summed E-state index contributed by atoms with van der Waals surface area (Å²) >= 11 is 1.80. The Morgan fingerprint density at radius 3 is 3.18 bits per heavy atom. The molecule has 0 bridgehead atoms. The number of piperidine rings is 1. The SMILES string of the molecule is COc1cccc2sc(C3CCCNC3)nc12. The number of methoxy groups -OCH3 is 1. The maximum atomic E-state index is 5.36. The lowest BCUT2D eigenvalue weighted by Gasteiger charge is -2.20. The molecule has 90 valence electrons. The largest absolute Gasteiger partial charge is 0.494 e. The fraction of sp³-hybridized carbons (Fsp3) is 0.462. The smallest absolute Gasteiger partial charge is 0.145 e. The molecule has 0 spiro atoms. The van der Waals surface area contributed by atoms with Crippen molar-refractivity contribution >= 4 is 21.6 Å². The van der Waals surface area contributed by atoms with Crippen molar-refractivity contribution in [1.82, 2.24) is 10.3 Å². The number of rotatable bonds is 2. The minimum Gasteiger partial charge on any atom is -0.494 e. The first-order chi connectivity index (χ1) is 8.38. The zero-order valence-electron chi connectivity index (χ0n) is 9.90. The van der Waals surface area contributed by atoms with Crippen LogP contribution in [0.1, 0.15) is 23.8 Å². The zero-order chi connectivity index (χ0) is 11.7. The number of aromatic nitrogens is 1. The van der Waals surface area contributed by atoms with E-state index in [0.29, 0.717) is 5.92 Å². The molecule has 4 heteroatoms. The molecule has 0 radical (unpaired) electrons. The van der Waals surface area contributed by atoms with E-state index >= 15 is 0 Å². The fourth-order valence-electron chi connectivity index (χ4n) is 2.34. The second-order valence-corrected chi connectivity index (χ2v) is 5.46. The van der Waals surface area contributed by atoms with E-state index in [9.17, 15) is 0 Å². The first kappa shape index (κ1) is 11.0. The predicted octanol–water partition coefficient (Wildman–Crippen LogP) is 2.77. The molecule has 1 aromatic heterocycles. The van der Waals surface area contributed by atoms with Gasteiger partial charge in [-0.05, 0) is 31.5 Å². The Kier molecular flexibility index (Phi) is 2.99. The van der Waals surface area contributed by atoms with Crippen molar-refractivity contribution in [3.8, 4) is 5.75 Å². The van der Waals surface area contributed by atoms with Gasteiger partial charge in [0.15, 0.2) is 0 Å². The van der Waals surface area contributed by atoms with E-state index in [1.807, 2.05) is 12.1 Å². The van der Waals surface area contributed by atoms with Crippen LogP contribution in [0, 0.1) is 0 Å². The minimum absolute atomic E-state index is 0.575. The number of hydrogen-bond donors (Lipinski definition) is 1. The van der Waals surface area contributed by atoms with Crippen molar-refractivity contribution in [3.63, 3.8) is 0 Å². The van der Waals surface area contributed by atoms with Gasteiger partial charge in [0.25, 0.3) is 0 Å². The van der Waals surface area contributed by atoms with Crippen molar-refractivity contribution in [1.29, 1.82) is 0 Å². The van der Waals surface area contributed by atoms with Gasteiger partial charge < -0.3 is 10.1 Å². The first-order valence-electron chi connectivity index (χ1n) is 6.02. The second-order valence-electron chi connectivity index (χ2n) is 4.40. The van der Waals surface area contributed by atoms with Crippen molar-refractivity contribution in [2.24, 2.45) is 0 Å². The van der Waals surface area contributed by atoms with E-state index in [4.69, 9.17) is 9.72 Å². The highest BCUT2D eigenvalue weighted by molar-refractivity contribution is 7.18. The monoisotopic (exact) mass is 248 g/mol.